The molecule has 7 nitrogen and oxygen atoms in total. The molecular formula is C17H17N5O2S. The highest BCUT2D eigenvalue weighted by Crippen LogP contribution is 2.32. The van der Waals surface area contributed by atoms with Gasteiger partial charge in [0.05, 0.1) is 4.88 Å². The summed E-state index contributed by atoms with van der Waals surface area (Å²) in [4.78, 5) is 32.2. The molecule has 3 aromatic rings. The molecular weight excluding hydrogens is 338 g/mol. The smallest absolute Gasteiger partial charge is 0.252 e. The zero-order valence-corrected chi connectivity index (χ0v) is 14.5. The Kier molecular flexibility index (Phi) is 3.96. The molecule has 1 saturated carbocycles. The Morgan fingerprint density at radius 2 is 2.28 bits per heavy atom. The lowest BCUT2D eigenvalue weighted by atomic mass is 10.3. The number of rotatable bonds is 5. The van der Waals surface area contributed by atoms with Crippen LogP contribution in [-0.2, 0) is 11.2 Å². The van der Waals surface area contributed by atoms with E-state index in [4.69, 9.17) is 0 Å². The maximum Gasteiger partial charge on any atom is 0.252 e. The molecule has 0 spiro atoms. The highest BCUT2D eigenvalue weighted by molar-refractivity contribution is 7.13. The number of aromatic amines is 1. The molecule has 0 atom stereocenters. The standard InChI is InChI=1S/C17H17N5O2S/c1-2-11-8-15(23)20-17(18-11)22-14(19-16(24)10-5-6-10)9-12(21-22)13-4-3-7-25-13/h3-4,7-10H,2,5-6H2,1H3,(H,19,24)(H,18,20,23). The molecule has 2 N–H and O–H groups in total. The third kappa shape index (κ3) is 3.25. The van der Waals surface area contributed by atoms with Gasteiger partial charge in [0.1, 0.15) is 11.5 Å². The van der Waals surface area contributed by atoms with Crippen LogP contribution in [0.4, 0.5) is 5.82 Å². The summed E-state index contributed by atoms with van der Waals surface area (Å²) in [6, 6.07) is 7.18. The van der Waals surface area contributed by atoms with E-state index in [-0.39, 0.29) is 17.4 Å². The Hall–Kier alpha value is -2.74. The van der Waals surface area contributed by atoms with Gasteiger partial charge in [0, 0.05) is 23.7 Å². The van der Waals surface area contributed by atoms with Crippen LogP contribution in [0, 0.1) is 5.92 Å². The molecule has 1 fully saturated rings. The van der Waals surface area contributed by atoms with Crippen LogP contribution in [0.3, 0.4) is 0 Å². The first-order valence-electron chi connectivity index (χ1n) is 8.19. The van der Waals surface area contributed by atoms with E-state index < -0.39 is 0 Å². The molecule has 0 radical (unpaired) electrons. The maximum absolute atomic E-state index is 12.2. The van der Waals surface area contributed by atoms with Crippen LogP contribution in [0.25, 0.3) is 16.5 Å². The quantitative estimate of drug-likeness (QED) is 0.736. The van der Waals surface area contributed by atoms with E-state index in [2.05, 4.69) is 20.4 Å². The first-order valence-corrected chi connectivity index (χ1v) is 9.07. The highest BCUT2D eigenvalue weighted by Gasteiger charge is 2.30. The third-order valence-electron chi connectivity index (χ3n) is 4.03. The van der Waals surface area contributed by atoms with Gasteiger partial charge in [0.2, 0.25) is 11.9 Å². The lowest BCUT2D eigenvalue weighted by molar-refractivity contribution is -0.117. The number of H-pyrrole nitrogens is 1. The second-order valence-electron chi connectivity index (χ2n) is 5.98. The normalized spacial score (nSPS) is 13.8. The SMILES string of the molecule is CCc1cc(=O)[nH]c(-n2nc(-c3cccs3)cc2NC(=O)C2CC2)n1. The first kappa shape index (κ1) is 15.8. The van der Waals surface area contributed by atoms with Gasteiger partial charge in [-0.1, -0.05) is 13.0 Å². The minimum Gasteiger partial charge on any atom is -0.310 e. The van der Waals surface area contributed by atoms with Crippen molar-refractivity contribution in [2.75, 3.05) is 5.32 Å². The molecule has 25 heavy (non-hydrogen) atoms. The summed E-state index contributed by atoms with van der Waals surface area (Å²) in [6.45, 7) is 1.93. The Labute approximate surface area is 147 Å². The summed E-state index contributed by atoms with van der Waals surface area (Å²) in [5.41, 5.74) is 1.16. The van der Waals surface area contributed by atoms with Gasteiger partial charge < -0.3 is 5.32 Å². The number of amides is 1. The van der Waals surface area contributed by atoms with E-state index in [0.29, 0.717) is 23.9 Å². The largest absolute Gasteiger partial charge is 0.310 e. The fourth-order valence-electron chi connectivity index (χ4n) is 2.53. The minimum atomic E-state index is -0.241. The number of anilines is 1. The fourth-order valence-corrected chi connectivity index (χ4v) is 3.21. The van der Waals surface area contributed by atoms with E-state index in [1.165, 1.54) is 10.7 Å². The van der Waals surface area contributed by atoms with Gasteiger partial charge in [0.25, 0.3) is 5.56 Å². The van der Waals surface area contributed by atoms with Crippen molar-refractivity contribution in [2.45, 2.75) is 26.2 Å². The van der Waals surface area contributed by atoms with E-state index in [0.717, 1.165) is 23.4 Å². The van der Waals surface area contributed by atoms with Crippen LogP contribution in [-0.4, -0.2) is 25.7 Å². The molecule has 0 saturated heterocycles. The molecule has 0 unspecified atom stereocenters. The zero-order chi connectivity index (χ0) is 17.4. The molecule has 1 amide bonds. The Morgan fingerprint density at radius 1 is 1.44 bits per heavy atom. The van der Waals surface area contributed by atoms with Crippen LogP contribution < -0.4 is 10.9 Å². The molecule has 4 rings (SSSR count). The number of thiophene rings is 1. The molecule has 3 aromatic heterocycles. The van der Waals surface area contributed by atoms with Crippen molar-refractivity contribution in [1.82, 2.24) is 19.7 Å². The van der Waals surface area contributed by atoms with E-state index in [1.807, 2.05) is 30.5 Å². The predicted octanol–water partition coefficient (Wildman–Crippen LogP) is 2.60. The summed E-state index contributed by atoms with van der Waals surface area (Å²) in [5, 5.41) is 9.43. The zero-order valence-electron chi connectivity index (χ0n) is 13.7. The summed E-state index contributed by atoms with van der Waals surface area (Å²) < 4.78 is 1.50. The number of carbonyl (C=O) groups is 1. The summed E-state index contributed by atoms with van der Waals surface area (Å²) >= 11 is 1.56. The van der Waals surface area contributed by atoms with Crippen LogP contribution in [0.5, 0.6) is 0 Å². The maximum atomic E-state index is 12.2. The molecule has 0 aromatic carbocycles. The van der Waals surface area contributed by atoms with Gasteiger partial charge in [-0.15, -0.1) is 11.3 Å². The lowest BCUT2D eigenvalue weighted by Gasteiger charge is -2.08. The predicted molar refractivity (Wildman–Crippen MR) is 96.0 cm³/mol. The van der Waals surface area contributed by atoms with Gasteiger partial charge in [-0.2, -0.15) is 9.78 Å². The number of hydrogen-bond donors (Lipinski definition) is 2. The van der Waals surface area contributed by atoms with Crippen LogP contribution in [0.1, 0.15) is 25.5 Å². The van der Waals surface area contributed by atoms with Gasteiger partial charge in [-0.25, -0.2) is 4.98 Å². The Morgan fingerprint density at radius 3 is 2.96 bits per heavy atom. The van der Waals surface area contributed by atoms with Crippen molar-refractivity contribution in [3.8, 4) is 16.5 Å². The lowest BCUT2D eigenvalue weighted by Crippen LogP contribution is -2.19. The van der Waals surface area contributed by atoms with Crippen LogP contribution in [0.2, 0.25) is 0 Å². The number of aromatic nitrogens is 4. The number of hydrogen-bond acceptors (Lipinski definition) is 5. The van der Waals surface area contributed by atoms with Crippen LogP contribution in [0.15, 0.2) is 34.4 Å². The monoisotopic (exact) mass is 355 g/mol. The van der Waals surface area contributed by atoms with E-state index in [1.54, 1.807) is 11.3 Å². The second-order valence-corrected chi connectivity index (χ2v) is 6.93. The van der Waals surface area contributed by atoms with Crippen molar-refractivity contribution in [3.05, 3.63) is 45.7 Å². The second kappa shape index (κ2) is 6.29. The molecule has 0 aliphatic heterocycles. The Balaban J connectivity index is 1.80. The van der Waals surface area contributed by atoms with Crippen molar-refractivity contribution in [3.63, 3.8) is 0 Å². The van der Waals surface area contributed by atoms with Crippen LogP contribution >= 0.6 is 11.3 Å². The minimum absolute atomic E-state index is 0.0205. The first-order chi connectivity index (χ1) is 12.1. The average Bonchev–Trinajstić information content (AvgIpc) is 3.15. The molecule has 128 valence electrons. The summed E-state index contributed by atoms with van der Waals surface area (Å²) in [7, 11) is 0. The van der Waals surface area contributed by atoms with Crippen molar-refractivity contribution in [1.29, 1.82) is 0 Å². The van der Waals surface area contributed by atoms with E-state index in [9.17, 15) is 9.59 Å². The molecule has 3 heterocycles. The molecule has 8 heteroatoms. The summed E-state index contributed by atoms with van der Waals surface area (Å²) in [6.07, 6.45) is 2.47. The Bertz CT molecular complexity index is 969. The molecule has 1 aliphatic carbocycles. The van der Waals surface area contributed by atoms with Gasteiger partial charge in [-0.3, -0.25) is 14.6 Å². The fraction of sp³-hybridized carbons (Fsp3) is 0.294. The number of carbonyl (C=O) groups excluding carboxylic acids is 1. The van der Waals surface area contributed by atoms with E-state index >= 15 is 0 Å². The highest BCUT2D eigenvalue weighted by atomic mass is 32.1. The molecule has 0 bridgehead atoms. The third-order valence-corrected chi connectivity index (χ3v) is 4.92. The summed E-state index contributed by atoms with van der Waals surface area (Å²) in [5.74, 6) is 0.866. The van der Waals surface area contributed by atoms with Gasteiger partial charge in [0.15, 0.2) is 0 Å². The number of aryl methyl sites for hydroxylation is 1. The van der Waals surface area contributed by atoms with Crippen molar-refractivity contribution in [2.24, 2.45) is 5.92 Å². The molecule has 1 aliphatic rings. The average molecular weight is 355 g/mol. The van der Waals surface area contributed by atoms with Gasteiger partial charge >= 0.3 is 0 Å². The number of nitrogens with zero attached hydrogens (tertiary/aromatic N) is 3. The van der Waals surface area contributed by atoms with Crippen molar-refractivity contribution < 1.29 is 4.79 Å². The van der Waals surface area contributed by atoms with Gasteiger partial charge in [-0.05, 0) is 30.7 Å². The number of nitrogens with one attached hydrogen (secondary N) is 2. The van der Waals surface area contributed by atoms with Crippen molar-refractivity contribution >= 4 is 23.1 Å². The topological polar surface area (TPSA) is 92.7 Å².